The van der Waals surface area contributed by atoms with Gasteiger partial charge in [-0.25, -0.2) is 4.98 Å². The van der Waals surface area contributed by atoms with Crippen molar-refractivity contribution in [1.82, 2.24) is 15.6 Å². The number of fused-ring (bicyclic) bond motifs is 1. The molecule has 17 heavy (non-hydrogen) atoms. The summed E-state index contributed by atoms with van der Waals surface area (Å²) in [5.41, 5.74) is 2.03. The lowest BCUT2D eigenvalue weighted by atomic mass is 10.1. The highest BCUT2D eigenvalue weighted by Crippen LogP contribution is 2.25. The number of nitrogens with one attached hydrogen (secondary N) is 2. The summed E-state index contributed by atoms with van der Waals surface area (Å²) < 4.78 is 0. The number of aromatic nitrogens is 1. The Kier molecular flexibility index (Phi) is 2.97. The molecule has 1 fully saturated rings. The van der Waals surface area contributed by atoms with Crippen LogP contribution in [0.15, 0.2) is 30.3 Å². The molecule has 0 unspecified atom stereocenters. The van der Waals surface area contributed by atoms with Gasteiger partial charge in [-0.05, 0) is 12.1 Å². The Labute approximate surface area is 105 Å². The minimum atomic E-state index is 0.258. The molecule has 1 aliphatic heterocycles. The summed E-state index contributed by atoms with van der Waals surface area (Å²) >= 11 is 6.26. The van der Waals surface area contributed by atoms with Crippen LogP contribution in [-0.2, 0) is 0 Å². The highest BCUT2D eigenvalue weighted by Gasteiger charge is 2.18. The number of halogens is 1. The number of pyridine rings is 1. The van der Waals surface area contributed by atoms with Gasteiger partial charge in [-0.3, -0.25) is 0 Å². The lowest BCUT2D eigenvalue weighted by Crippen LogP contribution is -2.42. The van der Waals surface area contributed by atoms with Crippen LogP contribution in [0, 0.1) is 0 Å². The first-order valence-electron chi connectivity index (χ1n) is 5.84. The summed E-state index contributed by atoms with van der Waals surface area (Å²) in [5.74, 6) is 0. The summed E-state index contributed by atoms with van der Waals surface area (Å²) in [6, 6.07) is 10.4. The third-order valence-corrected chi connectivity index (χ3v) is 3.42. The van der Waals surface area contributed by atoms with Crippen LogP contribution in [0.3, 0.4) is 0 Å². The smallest absolute Gasteiger partial charge is 0.134 e. The second-order valence-corrected chi connectivity index (χ2v) is 4.63. The van der Waals surface area contributed by atoms with E-state index in [1.807, 2.05) is 18.2 Å². The van der Waals surface area contributed by atoms with E-state index >= 15 is 0 Å². The largest absolute Gasteiger partial charge is 0.314 e. The molecule has 0 spiro atoms. The van der Waals surface area contributed by atoms with Gasteiger partial charge in [0.25, 0.3) is 0 Å². The zero-order chi connectivity index (χ0) is 11.7. The van der Waals surface area contributed by atoms with Gasteiger partial charge in [-0.1, -0.05) is 29.8 Å². The van der Waals surface area contributed by atoms with Crippen LogP contribution >= 0.6 is 11.6 Å². The third kappa shape index (κ3) is 2.14. The van der Waals surface area contributed by atoms with Crippen molar-refractivity contribution in [3.63, 3.8) is 0 Å². The van der Waals surface area contributed by atoms with Crippen molar-refractivity contribution in [3.05, 3.63) is 41.0 Å². The molecular formula is C13H14ClN3. The van der Waals surface area contributed by atoms with E-state index in [1.54, 1.807) is 0 Å². The summed E-state index contributed by atoms with van der Waals surface area (Å²) in [5, 5.41) is 8.55. The Morgan fingerprint density at radius 3 is 2.94 bits per heavy atom. The highest BCUT2D eigenvalue weighted by atomic mass is 35.5. The van der Waals surface area contributed by atoms with Gasteiger partial charge < -0.3 is 10.6 Å². The monoisotopic (exact) mass is 247 g/mol. The first-order chi connectivity index (χ1) is 8.34. The second-order valence-electron chi connectivity index (χ2n) is 4.27. The van der Waals surface area contributed by atoms with Crippen molar-refractivity contribution < 1.29 is 0 Å². The molecule has 3 nitrogen and oxygen atoms in total. The predicted octanol–water partition coefficient (Wildman–Crippen LogP) is 2.12. The molecule has 1 saturated heterocycles. The van der Waals surface area contributed by atoms with Crippen LogP contribution in [0.2, 0.25) is 5.15 Å². The van der Waals surface area contributed by atoms with Crippen molar-refractivity contribution in [1.29, 1.82) is 0 Å². The fourth-order valence-corrected chi connectivity index (χ4v) is 2.50. The lowest BCUT2D eigenvalue weighted by molar-refractivity contribution is 0.430. The van der Waals surface area contributed by atoms with Crippen molar-refractivity contribution in [2.24, 2.45) is 0 Å². The molecule has 2 aromatic rings. The molecule has 3 rings (SSSR count). The average molecular weight is 248 g/mol. The Hall–Kier alpha value is -1.16. The molecule has 1 atom stereocenters. The minimum absolute atomic E-state index is 0.258. The molecule has 1 aromatic heterocycles. The molecule has 0 saturated carbocycles. The molecule has 1 aromatic carbocycles. The maximum Gasteiger partial charge on any atom is 0.134 e. The van der Waals surface area contributed by atoms with Crippen molar-refractivity contribution >= 4 is 22.5 Å². The molecule has 2 heterocycles. The van der Waals surface area contributed by atoms with Gasteiger partial charge >= 0.3 is 0 Å². The number of benzene rings is 1. The van der Waals surface area contributed by atoms with Crippen LogP contribution < -0.4 is 10.6 Å². The summed E-state index contributed by atoms with van der Waals surface area (Å²) in [6.45, 7) is 2.88. The topological polar surface area (TPSA) is 37.0 Å². The first kappa shape index (κ1) is 11.0. The quantitative estimate of drug-likeness (QED) is 0.758. The van der Waals surface area contributed by atoms with Gasteiger partial charge in [-0.2, -0.15) is 0 Å². The van der Waals surface area contributed by atoms with Crippen LogP contribution in [0.1, 0.15) is 11.6 Å². The van der Waals surface area contributed by atoms with E-state index in [0.717, 1.165) is 36.1 Å². The number of hydrogen-bond donors (Lipinski definition) is 2. The first-order valence-corrected chi connectivity index (χ1v) is 6.22. The fourth-order valence-electron chi connectivity index (χ4n) is 2.23. The Balaban J connectivity index is 2.06. The molecule has 0 aliphatic carbocycles. The molecule has 88 valence electrons. The van der Waals surface area contributed by atoms with Crippen molar-refractivity contribution in [2.75, 3.05) is 19.6 Å². The Bertz CT molecular complexity index is 535. The van der Waals surface area contributed by atoms with Gasteiger partial charge in [-0.15, -0.1) is 0 Å². The molecule has 0 amide bonds. The molecule has 0 bridgehead atoms. The van der Waals surface area contributed by atoms with E-state index in [9.17, 15) is 0 Å². The zero-order valence-corrected chi connectivity index (χ0v) is 10.2. The van der Waals surface area contributed by atoms with Gasteiger partial charge in [0.1, 0.15) is 5.15 Å². The highest BCUT2D eigenvalue weighted by molar-refractivity contribution is 6.30. The van der Waals surface area contributed by atoms with E-state index in [1.165, 1.54) is 0 Å². The van der Waals surface area contributed by atoms with Crippen molar-refractivity contribution in [3.8, 4) is 0 Å². The number of nitrogens with zero attached hydrogens (tertiary/aromatic N) is 1. The van der Waals surface area contributed by atoms with Crippen LogP contribution in [0.4, 0.5) is 0 Å². The fraction of sp³-hybridized carbons (Fsp3) is 0.308. The minimum Gasteiger partial charge on any atom is -0.314 e. The number of piperazine rings is 1. The number of rotatable bonds is 1. The van der Waals surface area contributed by atoms with Crippen molar-refractivity contribution in [2.45, 2.75) is 6.04 Å². The second kappa shape index (κ2) is 4.61. The summed E-state index contributed by atoms with van der Waals surface area (Å²) in [7, 11) is 0. The van der Waals surface area contributed by atoms with Crippen LogP contribution in [-0.4, -0.2) is 24.6 Å². The van der Waals surface area contributed by atoms with Crippen LogP contribution in [0.25, 0.3) is 10.9 Å². The Morgan fingerprint density at radius 1 is 1.24 bits per heavy atom. The molecule has 0 radical (unpaired) electrons. The van der Waals surface area contributed by atoms with E-state index in [4.69, 9.17) is 11.6 Å². The zero-order valence-electron chi connectivity index (χ0n) is 9.41. The van der Waals surface area contributed by atoms with Gasteiger partial charge in [0.05, 0.1) is 5.52 Å². The normalized spacial score (nSPS) is 20.6. The molecule has 1 aliphatic rings. The van der Waals surface area contributed by atoms with E-state index < -0.39 is 0 Å². The molecule has 4 heteroatoms. The van der Waals surface area contributed by atoms with Crippen LogP contribution in [0.5, 0.6) is 0 Å². The van der Waals surface area contributed by atoms with Gasteiger partial charge in [0.2, 0.25) is 0 Å². The third-order valence-electron chi connectivity index (χ3n) is 3.12. The lowest BCUT2D eigenvalue weighted by Gasteiger charge is -2.25. The Morgan fingerprint density at radius 2 is 2.12 bits per heavy atom. The summed E-state index contributed by atoms with van der Waals surface area (Å²) in [4.78, 5) is 4.45. The number of para-hydroxylation sites is 1. The van der Waals surface area contributed by atoms with E-state index in [-0.39, 0.29) is 6.04 Å². The van der Waals surface area contributed by atoms with Gasteiger partial charge in [0.15, 0.2) is 0 Å². The van der Waals surface area contributed by atoms with E-state index in [0.29, 0.717) is 5.15 Å². The predicted molar refractivity (Wildman–Crippen MR) is 70.4 cm³/mol. The summed E-state index contributed by atoms with van der Waals surface area (Å²) in [6.07, 6.45) is 0. The van der Waals surface area contributed by atoms with Gasteiger partial charge in [0, 0.05) is 36.6 Å². The molecule has 2 N–H and O–H groups in total. The SMILES string of the molecule is Clc1nc2ccccc2cc1[C@H]1CNCCN1. The molecular weight excluding hydrogens is 234 g/mol. The standard InChI is InChI=1S/C13H14ClN3/c14-13-10(12-8-15-5-6-16-12)7-9-3-1-2-4-11(9)17-13/h1-4,7,12,15-16H,5-6,8H2/t12-/m1/s1. The van der Waals surface area contributed by atoms with E-state index in [2.05, 4.69) is 27.8 Å². The maximum atomic E-state index is 6.26. The average Bonchev–Trinajstić information content (AvgIpc) is 2.39. The maximum absolute atomic E-state index is 6.26. The number of hydrogen-bond acceptors (Lipinski definition) is 3.